The largest absolute Gasteiger partial charge is 0.446 e. The highest BCUT2D eigenvalue weighted by Crippen LogP contribution is 2.42. The third-order valence-corrected chi connectivity index (χ3v) is 5.73. The molecule has 1 aromatic rings. The molecule has 0 saturated carbocycles. The van der Waals surface area contributed by atoms with E-state index in [4.69, 9.17) is 14.9 Å². The van der Waals surface area contributed by atoms with Crippen LogP contribution in [0.4, 0.5) is 0 Å². The van der Waals surface area contributed by atoms with Crippen LogP contribution in [0, 0.1) is 22.7 Å². The molecule has 4 rings (SSSR count). The molecule has 0 amide bonds. The molecule has 2 aliphatic heterocycles. The van der Waals surface area contributed by atoms with Gasteiger partial charge in [-0.3, -0.25) is 24.5 Å². The maximum atomic E-state index is 12.7. The molecule has 1 fully saturated rings. The number of hydrogen-bond donors (Lipinski definition) is 4. The first-order valence-electron chi connectivity index (χ1n) is 9.57. The minimum atomic E-state index is -1.21. The first-order chi connectivity index (χ1) is 14.3. The van der Waals surface area contributed by atoms with Crippen LogP contribution in [0.3, 0.4) is 0 Å². The highest BCUT2D eigenvalue weighted by molar-refractivity contribution is 6.01. The number of Topliss-reactive ketones (excluding diaryl/α,β-unsaturated/α-hetero) is 1. The number of allylic oxidation sites excluding steroid dienone is 2. The molecule has 5 unspecified atom stereocenters. The van der Waals surface area contributed by atoms with Crippen LogP contribution in [0.25, 0.3) is 0 Å². The van der Waals surface area contributed by atoms with Crippen molar-refractivity contribution in [3.63, 3.8) is 0 Å². The van der Waals surface area contributed by atoms with Crippen molar-refractivity contribution in [3.8, 4) is 6.07 Å². The predicted octanol–water partition coefficient (Wildman–Crippen LogP) is -0.585. The van der Waals surface area contributed by atoms with Crippen LogP contribution in [0.2, 0.25) is 0 Å². The van der Waals surface area contributed by atoms with E-state index in [1.54, 1.807) is 0 Å². The summed E-state index contributed by atoms with van der Waals surface area (Å²) in [6.45, 7) is -0.443. The maximum Gasteiger partial charge on any atom is 0.330 e. The van der Waals surface area contributed by atoms with E-state index in [2.05, 4.69) is 4.98 Å². The Labute approximate surface area is 169 Å². The topological polar surface area (TPSA) is 178 Å². The molecule has 3 aliphatic rings. The third kappa shape index (κ3) is 3.19. The fourth-order valence-electron chi connectivity index (χ4n) is 4.26. The first kappa shape index (κ1) is 20.2. The Morgan fingerprint density at radius 3 is 2.77 bits per heavy atom. The monoisotopic (exact) mass is 416 g/mol. The van der Waals surface area contributed by atoms with E-state index in [0.29, 0.717) is 12.8 Å². The second-order valence-corrected chi connectivity index (χ2v) is 7.53. The molecule has 0 spiro atoms. The van der Waals surface area contributed by atoms with Crippen molar-refractivity contribution in [1.82, 2.24) is 9.55 Å². The lowest BCUT2D eigenvalue weighted by molar-refractivity contribution is -0.116. The summed E-state index contributed by atoms with van der Waals surface area (Å²) in [6, 6.07) is 1.93. The molecule has 1 saturated heterocycles. The molecule has 0 aromatic carbocycles. The molecule has 11 nitrogen and oxygen atoms in total. The number of ether oxygens (including phenoxy) is 2. The summed E-state index contributed by atoms with van der Waals surface area (Å²) in [4.78, 5) is 39.9. The Hall–Kier alpha value is -3.07. The maximum absolute atomic E-state index is 12.7. The number of H-pyrrole nitrogens is 1. The van der Waals surface area contributed by atoms with Gasteiger partial charge in [0.2, 0.25) is 5.90 Å². The minimum Gasteiger partial charge on any atom is -0.446 e. The number of nitriles is 1. The van der Waals surface area contributed by atoms with Crippen LogP contribution < -0.4 is 11.2 Å². The van der Waals surface area contributed by atoms with Crippen LogP contribution in [0.15, 0.2) is 27.1 Å². The van der Waals surface area contributed by atoms with E-state index >= 15 is 0 Å². The molecule has 1 aromatic heterocycles. The van der Waals surface area contributed by atoms with Crippen molar-refractivity contribution >= 4 is 11.7 Å². The van der Waals surface area contributed by atoms with Gasteiger partial charge in [-0.1, -0.05) is 0 Å². The van der Waals surface area contributed by atoms with Crippen molar-refractivity contribution in [1.29, 1.82) is 10.7 Å². The van der Waals surface area contributed by atoms with Gasteiger partial charge in [0.25, 0.3) is 5.56 Å². The zero-order valence-electron chi connectivity index (χ0n) is 15.8. The fourth-order valence-corrected chi connectivity index (χ4v) is 4.26. The van der Waals surface area contributed by atoms with Gasteiger partial charge in [-0.15, -0.1) is 0 Å². The summed E-state index contributed by atoms with van der Waals surface area (Å²) in [7, 11) is 0. The van der Waals surface area contributed by atoms with Crippen molar-refractivity contribution < 1.29 is 24.5 Å². The number of rotatable bonds is 3. The number of aromatic nitrogens is 2. The van der Waals surface area contributed by atoms with Gasteiger partial charge in [0.05, 0.1) is 18.8 Å². The van der Waals surface area contributed by atoms with E-state index in [0.717, 1.165) is 4.57 Å². The van der Waals surface area contributed by atoms with Crippen LogP contribution in [0.5, 0.6) is 0 Å². The normalized spacial score (nSPS) is 31.3. The summed E-state index contributed by atoms with van der Waals surface area (Å²) in [5.74, 6) is -2.62. The molecule has 5 atom stereocenters. The van der Waals surface area contributed by atoms with E-state index in [1.165, 1.54) is 6.20 Å². The zero-order chi connectivity index (χ0) is 21.6. The van der Waals surface area contributed by atoms with Gasteiger partial charge in [0.1, 0.15) is 24.0 Å². The zero-order valence-corrected chi connectivity index (χ0v) is 15.8. The first-order valence-corrected chi connectivity index (χ1v) is 9.57. The molecule has 4 N–H and O–H groups in total. The summed E-state index contributed by atoms with van der Waals surface area (Å²) < 4.78 is 12.0. The Morgan fingerprint density at radius 2 is 2.10 bits per heavy atom. The summed E-state index contributed by atoms with van der Waals surface area (Å²) in [5, 5.41) is 37.0. The van der Waals surface area contributed by atoms with Crippen molar-refractivity contribution in [2.45, 2.75) is 50.0 Å². The fraction of sp³-hybridized carbons (Fsp3) is 0.526. The Bertz CT molecular complexity index is 1100. The van der Waals surface area contributed by atoms with Gasteiger partial charge >= 0.3 is 5.69 Å². The smallest absolute Gasteiger partial charge is 0.330 e. The highest BCUT2D eigenvalue weighted by atomic mass is 16.5. The molecule has 0 radical (unpaired) electrons. The van der Waals surface area contributed by atoms with Gasteiger partial charge < -0.3 is 19.7 Å². The second kappa shape index (κ2) is 7.64. The van der Waals surface area contributed by atoms with E-state index < -0.39 is 48.1 Å². The third-order valence-electron chi connectivity index (χ3n) is 5.73. The highest BCUT2D eigenvalue weighted by Gasteiger charge is 2.44. The molecular weight excluding hydrogens is 396 g/mol. The SMILES string of the molecule is N#CC1C(=N)OC2=C(C(=O)CCC2)C1c1cn(C2CC(O)C(CO)O2)c(=O)[nH]c1=O. The quantitative estimate of drug-likeness (QED) is 0.505. The van der Waals surface area contributed by atoms with Crippen LogP contribution >= 0.6 is 0 Å². The molecule has 30 heavy (non-hydrogen) atoms. The Kier molecular flexibility index (Phi) is 5.15. The lowest BCUT2D eigenvalue weighted by Gasteiger charge is -2.33. The Morgan fingerprint density at radius 1 is 1.33 bits per heavy atom. The predicted molar refractivity (Wildman–Crippen MR) is 99.5 cm³/mol. The average molecular weight is 416 g/mol. The molecular formula is C19H20N4O7. The molecule has 158 valence electrons. The van der Waals surface area contributed by atoms with Crippen molar-refractivity contribution in [3.05, 3.63) is 43.9 Å². The standard InChI is InChI=1S/C19H20N4O7/c20-5-8-15(16-10(25)2-1-3-12(16)30-17(8)21)9-6-23(19(28)22-18(9)27)14-4-11(26)13(7-24)29-14/h6,8,11,13-15,21,24,26H,1-4,7H2,(H,22,27,28). The molecule has 1 aliphatic carbocycles. The number of ketones is 1. The van der Waals surface area contributed by atoms with Gasteiger partial charge in [-0.2, -0.15) is 5.26 Å². The lowest BCUT2D eigenvalue weighted by Crippen LogP contribution is -2.40. The van der Waals surface area contributed by atoms with Crippen LogP contribution in [-0.2, 0) is 14.3 Å². The number of nitrogens with zero attached hydrogens (tertiary/aromatic N) is 2. The van der Waals surface area contributed by atoms with E-state index in [9.17, 15) is 29.9 Å². The number of aliphatic hydroxyl groups excluding tert-OH is 2. The van der Waals surface area contributed by atoms with Crippen LogP contribution in [-0.4, -0.2) is 50.3 Å². The van der Waals surface area contributed by atoms with Crippen LogP contribution in [0.1, 0.15) is 43.4 Å². The number of hydrogen-bond acceptors (Lipinski definition) is 9. The van der Waals surface area contributed by atoms with E-state index in [1.807, 2.05) is 6.07 Å². The summed E-state index contributed by atoms with van der Waals surface area (Å²) >= 11 is 0. The Balaban J connectivity index is 1.85. The summed E-state index contributed by atoms with van der Waals surface area (Å²) in [5.41, 5.74) is -1.43. The lowest BCUT2D eigenvalue weighted by atomic mass is 9.75. The second-order valence-electron chi connectivity index (χ2n) is 7.53. The van der Waals surface area contributed by atoms with Gasteiger partial charge in [0, 0.05) is 42.5 Å². The van der Waals surface area contributed by atoms with Crippen molar-refractivity contribution in [2.75, 3.05) is 6.61 Å². The van der Waals surface area contributed by atoms with Gasteiger partial charge in [-0.25, -0.2) is 4.79 Å². The number of carbonyl (C=O) groups excluding carboxylic acids is 1. The number of carbonyl (C=O) groups is 1. The molecule has 11 heteroatoms. The van der Waals surface area contributed by atoms with Gasteiger partial charge in [0.15, 0.2) is 5.78 Å². The number of aliphatic hydroxyl groups is 2. The number of nitrogens with one attached hydrogen (secondary N) is 2. The summed E-state index contributed by atoms with van der Waals surface area (Å²) in [6.07, 6.45) is -0.428. The number of aromatic amines is 1. The molecule has 3 heterocycles. The van der Waals surface area contributed by atoms with E-state index in [-0.39, 0.29) is 41.4 Å². The molecule has 0 bridgehead atoms. The van der Waals surface area contributed by atoms with Gasteiger partial charge in [-0.05, 0) is 6.42 Å². The minimum absolute atomic E-state index is 0.00870. The average Bonchev–Trinajstić information content (AvgIpc) is 3.08. The van der Waals surface area contributed by atoms with Crippen molar-refractivity contribution in [2.24, 2.45) is 5.92 Å².